The Morgan fingerprint density at radius 1 is 1.08 bits per heavy atom. The topological polar surface area (TPSA) is 9.23 Å². The van der Waals surface area contributed by atoms with E-state index in [4.69, 9.17) is 4.74 Å². The third-order valence-electron chi connectivity index (χ3n) is 3.35. The second kappa shape index (κ2) is 2.58. The Hall–Kier alpha value is -0.820. The van der Waals surface area contributed by atoms with Gasteiger partial charge >= 0.3 is 0 Å². The third kappa shape index (κ3) is 0.969. The zero-order valence-electron chi connectivity index (χ0n) is 8.02. The second-order valence-corrected chi connectivity index (χ2v) is 4.13. The molecule has 3 rings (SSSR count). The lowest BCUT2D eigenvalue weighted by Gasteiger charge is -2.08. The van der Waals surface area contributed by atoms with Crippen LogP contribution in [0, 0.1) is 6.92 Å². The van der Waals surface area contributed by atoms with Gasteiger partial charge in [0.15, 0.2) is 0 Å². The van der Waals surface area contributed by atoms with E-state index in [0.717, 1.165) is 13.2 Å². The molecule has 0 aromatic heterocycles. The fourth-order valence-electron chi connectivity index (χ4n) is 2.67. The van der Waals surface area contributed by atoms with Crippen molar-refractivity contribution >= 4 is 0 Å². The summed E-state index contributed by atoms with van der Waals surface area (Å²) in [4.78, 5) is 0. The number of fused-ring (bicyclic) bond motifs is 3. The van der Waals surface area contributed by atoms with Gasteiger partial charge in [0.2, 0.25) is 0 Å². The fraction of sp³-hybridized carbons (Fsp3) is 0.500. The zero-order chi connectivity index (χ0) is 8.84. The molecule has 0 bridgehead atoms. The number of hydrogen-bond donors (Lipinski definition) is 0. The highest BCUT2D eigenvalue weighted by Gasteiger charge is 2.22. The Morgan fingerprint density at radius 3 is 2.85 bits per heavy atom. The highest BCUT2D eigenvalue weighted by atomic mass is 16.5. The molecule has 0 amide bonds. The number of ether oxygens (including phenoxy) is 1. The van der Waals surface area contributed by atoms with Gasteiger partial charge in [0, 0.05) is 0 Å². The van der Waals surface area contributed by atoms with Crippen LogP contribution >= 0.6 is 0 Å². The van der Waals surface area contributed by atoms with Gasteiger partial charge in [-0.15, -0.1) is 0 Å². The van der Waals surface area contributed by atoms with E-state index >= 15 is 0 Å². The Balaban J connectivity index is 2.28. The van der Waals surface area contributed by atoms with Crippen LogP contribution in [0.25, 0.3) is 0 Å². The largest absolute Gasteiger partial charge is 0.372 e. The molecule has 1 nitrogen and oxygen atoms in total. The van der Waals surface area contributed by atoms with Gasteiger partial charge < -0.3 is 4.74 Å². The first kappa shape index (κ1) is 7.57. The predicted molar refractivity (Wildman–Crippen MR) is 51.7 cm³/mol. The van der Waals surface area contributed by atoms with E-state index in [2.05, 4.69) is 13.0 Å². The van der Waals surface area contributed by atoms with Crippen LogP contribution in [0.2, 0.25) is 0 Å². The average Bonchev–Trinajstić information content (AvgIpc) is 2.66. The van der Waals surface area contributed by atoms with Crippen molar-refractivity contribution in [2.75, 3.05) is 0 Å². The normalized spacial score (nSPS) is 18.8. The van der Waals surface area contributed by atoms with Crippen molar-refractivity contribution in [1.29, 1.82) is 0 Å². The van der Waals surface area contributed by atoms with E-state index in [0.29, 0.717) is 0 Å². The molecule has 0 radical (unpaired) electrons. The Morgan fingerprint density at radius 2 is 1.92 bits per heavy atom. The molecule has 1 aromatic carbocycles. The van der Waals surface area contributed by atoms with Crippen LogP contribution in [-0.2, 0) is 30.8 Å². The van der Waals surface area contributed by atoms with Gasteiger partial charge in [0.05, 0.1) is 13.2 Å². The second-order valence-electron chi connectivity index (χ2n) is 4.13. The van der Waals surface area contributed by atoms with Crippen molar-refractivity contribution in [3.63, 3.8) is 0 Å². The Labute approximate surface area is 78.7 Å². The summed E-state index contributed by atoms with van der Waals surface area (Å²) in [5.41, 5.74) is 7.63. The molecule has 2 aliphatic rings. The van der Waals surface area contributed by atoms with Crippen molar-refractivity contribution in [2.24, 2.45) is 0 Å². The molecule has 1 aliphatic heterocycles. The predicted octanol–water partition coefficient (Wildman–Crippen LogP) is 2.51. The van der Waals surface area contributed by atoms with Crippen LogP contribution < -0.4 is 0 Å². The minimum atomic E-state index is 0.842. The van der Waals surface area contributed by atoms with Crippen molar-refractivity contribution in [3.8, 4) is 0 Å². The van der Waals surface area contributed by atoms with Crippen LogP contribution in [0.1, 0.15) is 34.2 Å². The Bertz CT molecular complexity index is 366. The van der Waals surface area contributed by atoms with Gasteiger partial charge in [-0.3, -0.25) is 0 Å². The first-order chi connectivity index (χ1) is 6.36. The molecule has 0 atom stereocenters. The van der Waals surface area contributed by atoms with Crippen molar-refractivity contribution in [2.45, 2.75) is 39.4 Å². The van der Waals surface area contributed by atoms with Crippen molar-refractivity contribution in [1.82, 2.24) is 0 Å². The van der Waals surface area contributed by atoms with Gasteiger partial charge in [-0.2, -0.15) is 0 Å². The van der Waals surface area contributed by atoms with E-state index in [-0.39, 0.29) is 0 Å². The first-order valence-corrected chi connectivity index (χ1v) is 5.07. The number of hydrogen-bond acceptors (Lipinski definition) is 1. The standard InChI is InChI=1S/C12H14O/c1-8-5-9-3-2-4-10(9)12-7-13-6-11(8)12/h5H,2-4,6-7H2,1H3. The zero-order valence-corrected chi connectivity index (χ0v) is 8.02. The fourth-order valence-corrected chi connectivity index (χ4v) is 2.67. The summed E-state index contributed by atoms with van der Waals surface area (Å²) in [7, 11) is 0. The molecule has 0 spiro atoms. The minimum Gasteiger partial charge on any atom is -0.372 e. The van der Waals surface area contributed by atoms with Gasteiger partial charge in [0.1, 0.15) is 0 Å². The molecular formula is C12H14O. The summed E-state index contributed by atoms with van der Waals surface area (Å²) in [5, 5.41) is 0. The summed E-state index contributed by atoms with van der Waals surface area (Å²) in [6, 6.07) is 2.37. The summed E-state index contributed by atoms with van der Waals surface area (Å²) in [6.07, 6.45) is 3.90. The lowest BCUT2D eigenvalue weighted by atomic mass is 9.95. The molecule has 13 heavy (non-hydrogen) atoms. The summed E-state index contributed by atoms with van der Waals surface area (Å²) in [5.74, 6) is 0. The maximum Gasteiger partial charge on any atom is 0.0727 e. The lowest BCUT2D eigenvalue weighted by molar-refractivity contribution is 0.134. The maximum absolute atomic E-state index is 5.52. The maximum atomic E-state index is 5.52. The highest BCUT2D eigenvalue weighted by molar-refractivity contribution is 5.48. The first-order valence-electron chi connectivity index (χ1n) is 5.07. The molecule has 0 N–H and O–H groups in total. The Kier molecular flexibility index (Phi) is 1.50. The molecule has 1 heterocycles. The van der Waals surface area contributed by atoms with E-state index in [1.54, 1.807) is 11.1 Å². The molecule has 68 valence electrons. The van der Waals surface area contributed by atoms with Crippen LogP contribution in [0.15, 0.2) is 6.07 Å². The molecular weight excluding hydrogens is 160 g/mol. The molecule has 1 aliphatic carbocycles. The van der Waals surface area contributed by atoms with Crippen LogP contribution in [0.4, 0.5) is 0 Å². The number of benzene rings is 1. The van der Waals surface area contributed by atoms with Crippen LogP contribution in [-0.4, -0.2) is 0 Å². The quantitative estimate of drug-likeness (QED) is 0.587. The average molecular weight is 174 g/mol. The van der Waals surface area contributed by atoms with Crippen molar-refractivity contribution < 1.29 is 4.74 Å². The van der Waals surface area contributed by atoms with Crippen LogP contribution in [0.3, 0.4) is 0 Å². The summed E-state index contributed by atoms with van der Waals surface area (Å²) >= 11 is 0. The third-order valence-corrected chi connectivity index (χ3v) is 3.35. The van der Waals surface area contributed by atoms with E-state index < -0.39 is 0 Å². The number of aryl methyl sites for hydroxylation is 2. The van der Waals surface area contributed by atoms with Gasteiger partial charge in [-0.1, -0.05) is 6.07 Å². The van der Waals surface area contributed by atoms with E-state index in [9.17, 15) is 0 Å². The monoisotopic (exact) mass is 174 g/mol. The lowest BCUT2D eigenvalue weighted by Crippen LogP contribution is -1.95. The molecule has 0 saturated heterocycles. The smallest absolute Gasteiger partial charge is 0.0727 e. The molecule has 0 saturated carbocycles. The van der Waals surface area contributed by atoms with Crippen molar-refractivity contribution in [3.05, 3.63) is 33.9 Å². The van der Waals surface area contributed by atoms with Crippen LogP contribution in [0.5, 0.6) is 0 Å². The minimum absolute atomic E-state index is 0.842. The van der Waals surface area contributed by atoms with E-state index in [1.807, 2.05) is 0 Å². The molecule has 1 heteroatoms. The SMILES string of the molecule is Cc1cc2c(c3c1COC3)CCC2. The molecule has 0 fully saturated rings. The highest BCUT2D eigenvalue weighted by Crippen LogP contribution is 2.34. The van der Waals surface area contributed by atoms with Gasteiger partial charge in [0.25, 0.3) is 0 Å². The molecule has 1 aromatic rings. The number of rotatable bonds is 0. The van der Waals surface area contributed by atoms with Gasteiger partial charge in [-0.25, -0.2) is 0 Å². The summed E-state index contributed by atoms with van der Waals surface area (Å²) in [6.45, 7) is 3.92. The molecule has 0 unspecified atom stereocenters. The van der Waals surface area contributed by atoms with E-state index in [1.165, 1.54) is 36.0 Å². The summed E-state index contributed by atoms with van der Waals surface area (Å²) < 4.78 is 5.52. The van der Waals surface area contributed by atoms with Gasteiger partial charge in [-0.05, 0) is 54.0 Å².